The Bertz CT molecular complexity index is 613. The zero-order chi connectivity index (χ0) is 17.9. The topological polar surface area (TPSA) is 55.6 Å². The van der Waals surface area contributed by atoms with Crippen molar-refractivity contribution in [2.24, 2.45) is 5.73 Å². The van der Waals surface area contributed by atoms with Gasteiger partial charge in [-0.05, 0) is 43.4 Å². The van der Waals surface area contributed by atoms with E-state index in [-0.39, 0.29) is 24.4 Å². The number of hydrogen-bond acceptors (Lipinski definition) is 3. The molecule has 2 aliphatic rings. The number of benzene rings is 1. The number of hydrogen-bond donors (Lipinski definition) is 1. The fourth-order valence-corrected chi connectivity index (χ4v) is 4.10. The van der Waals surface area contributed by atoms with E-state index in [1.807, 2.05) is 17.0 Å². The summed E-state index contributed by atoms with van der Waals surface area (Å²) in [6.45, 7) is 1.96. The number of rotatable bonds is 4. The summed E-state index contributed by atoms with van der Waals surface area (Å²) in [5.74, 6) is 0.134. The quantitative estimate of drug-likeness (QED) is 0.774. The van der Waals surface area contributed by atoms with Gasteiger partial charge in [0.2, 0.25) is 5.91 Å². The molecule has 1 saturated carbocycles. The molecular formula is C19H27Cl3N2O2. The van der Waals surface area contributed by atoms with Gasteiger partial charge in [-0.25, -0.2) is 0 Å². The van der Waals surface area contributed by atoms with Crippen LogP contribution in [0, 0.1) is 0 Å². The molecule has 0 aromatic heterocycles. The van der Waals surface area contributed by atoms with E-state index in [0.717, 1.165) is 57.2 Å². The van der Waals surface area contributed by atoms with Crippen LogP contribution in [0.25, 0.3) is 0 Å². The fourth-order valence-electron chi connectivity index (χ4n) is 3.78. The molecule has 1 aliphatic carbocycles. The van der Waals surface area contributed by atoms with E-state index in [1.165, 1.54) is 6.42 Å². The summed E-state index contributed by atoms with van der Waals surface area (Å²) in [6, 6.07) is 5.55. The fraction of sp³-hybridized carbons (Fsp3) is 0.632. The number of halogens is 3. The van der Waals surface area contributed by atoms with Gasteiger partial charge in [-0.3, -0.25) is 4.79 Å². The Morgan fingerprint density at radius 1 is 1.15 bits per heavy atom. The normalized spacial score (nSPS) is 20.5. The second kappa shape index (κ2) is 9.61. The third kappa shape index (κ3) is 5.26. The standard InChI is InChI=1S/C19H26Cl2N2O2.ClH/c20-16-5-4-14(12-17(16)21)13-25-15-6-10-23(11-7-15)18(24)19(22)8-2-1-3-9-19;/h4-5,12,15H,1-3,6-11,13,22H2;1H. The van der Waals surface area contributed by atoms with Crippen LogP contribution in [0.3, 0.4) is 0 Å². The van der Waals surface area contributed by atoms with Crippen LogP contribution in [0.4, 0.5) is 0 Å². The van der Waals surface area contributed by atoms with Crippen LogP contribution in [0.5, 0.6) is 0 Å². The summed E-state index contributed by atoms with van der Waals surface area (Å²) >= 11 is 12.0. The van der Waals surface area contributed by atoms with Crippen molar-refractivity contribution in [2.75, 3.05) is 13.1 Å². The minimum atomic E-state index is -0.633. The Balaban J connectivity index is 0.00000243. The van der Waals surface area contributed by atoms with Gasteiger partial charge in [0, 0.05) is 13.1 Å². The van der Waals surface area contributed by atoms with E-state index in [1.54, 1.807) is 6.07 Å². The smallest absolute Gasteiger partial charge is 0.242 e. The average Bonchev–Trinajstić information content (AvgIpc) is 2.63. The molecule has 1 aromatic rings. The molecule has 1 heterocycles. The molecule has 0 atom stereocenters. The van der Waals surface area contributed by atoms with E-state index >= 15 is 0 Å². The Morgan fingerprint density at radius 2 is 1.81 bits per heavy atom. The van der Waals surface area contributed by atoms with Crippen LogP contribution in [-0.2, 0) is 16.1 Å². The first-order valence-electron chi connectivity index (χ1n) is 9.12. The van der Waals surface area contributed by atoms with Crippen molar-refractivity contribution < 1.29 is 9.53 Å². The highest BCUT2D eigenvalue weighted by molar-refractivity contribution is 6.42. The Labute approximate surface area is 171 Å². The maximum absolute atomic E-state index is 12.8. The number of nitrogens with two attached hydrogens (primary N) is 1. The lowest BCUT2D eigenvalue weighted by atomic mass is 9.81. The second-order valence-corrected chi connectivity index (χ2v) is 8.08. The van der Waals surface area contributed by atoms with E-state index in [4.69, 9.17) is 33.7 Å². The van der Waals surface area contributed by atoms with Gasteiger partial charge in [0.1, 0.15) is 0 Å². The summed E-state index contributed by atoms with van der Waals surface area (Å²) in [5.41, 5.74) is 6.76. The number of nitrogens with zero attached hydrogens (tertiary/aromatic N) is 1. The average molecular weight is 422 g/mol. The van der Waals surface area contributed by atoms with Gasteiger partial charge in [0.25, 0.3) is 0 Å². The summed E-state index contributed by atoms with van der Waals surface area (Å²) in [4.78, 5) is 14.7. The van der Waals surface area contributed by atoms with Crippen molar-refractivity contribution >= 4 is 41.5 Å². The molecule has 1 aliphatic heterocycles. The van der Waals surface area contributed by atoms with Gasteiger partial charge in [0.05, 0.1) is 28.3 Å². The van der Waals surface area contributed by atoms with Crippen LogP contribution < -0.4 is 5.73 Å². The predicted molar refractivity (Wildman–Crippen MR) is 108 cm³/mol. The Morgan fingerprint density at radius 3 is 2.42 bits per heavy atom. The second-order valence-electron chi connectivity index (χ2n) is 7.27. The highest BCUT2D eigenvalue weighted by Crippen LogP contribution is 2.29. The molecule has 0 bridgehead atoms. The number of ether oxygens (including phenoxy) is 1. The van der Waals surface area contributed by atoms with Gasteiger partial charge in [-0.15, -0.1) is 12.4 Å². The summed E-state index contributed by atoms with van der Waals surface area (Å²) in [7, 11) is 0. The van der Waals surface area contributed by atoms with Crippen LogP contribution in [-0.4, -0.2) is 35.5 Å². The van der Waals surface area contributed by atoms with Gasteiger partial charge in [-0.2, -0.15) is 0 Å². The van der Waals surface area contributed by atoms with E-state index < -0.39 is 5.54 Å². The molecule has 4 nitrogen and oxygen atoms in total. The third-order valence-corrected chi connectivity index (χ3v) is 6.11. The van der Waals surface area contributed by atoms with Crippen LogP contribution in [0.2, 0.25) is 10.0 Å². The van der Waals surface area contributed by atoms with Crippen molar-refractivity contribution in [1.82, 2.24) is 4.90 Å². The molecule has 146 valence electrons. The van der Waals surface area contributed by atoms with Crippen LogP contribution in [0.15, 0.2) is 18.2 Å². The molecule has 1 amide bonds. The molecular weight excluding hydrogens is 395 g/mol. The van der Waals surface area contributed by atoms with Crippen LogP contribution >= 0.6 is 35.6 Å². The molecule has 0 spiro atoms. The van der Waals surface area contributed by atoms with Crippen LogP contribution in [0.1, 0.15) is 50.5 Å². The minimum absolute atomic E-state index is 0. The van der Waals surface area contributed by atoms with Crippen molar-refractivity contribution in [2.45, 2.75) is 63.2 Å². The maximum atomic E-state index is 12.8. The molecule has 2 fully saturated rings. The van der Waals surface area contributed by atoms with Gasteiger partial charge in [0.15, 0.2) is 0 Å². The van der Waals surface area contributed by atoms with Crippen molar-refractivity contribution in [3.05, 3.63) is 33.8 Å². The van der Waals surface area contributed by atoms with Gasteiger partial charge >= 0.3 is 0 Å². The Kier molecular flexibility index (Phi) is 8.05. The first kappa shape index (κ1) is 21.8. The highest BCUT2D eigenvalue weighted by atomic mass is 35.5. The first-order valence-corrected chi connectivity index (χ1v) is 9.87. The first-order chi connectivity index (χ1) is 12.0. The molecule has 1 aromatic carbocycles. The third-order valence-electron chi connectivity index (χ3n) is 5.37. The lowest BCUT2D eigenvalue weighted by Gasteiger charge is -2.40. The number of piperidine rings is 1. The predicted octanol–water partition coefficient (Wildman–Crippen LogP) is 4.58. The van der Waals surface area contributed by atoms with E-state index in [9.17, 15) is 4.79 Å². The lowest BCUT2D eigenvalue weighted by molar-refractivity contribution is -0.141. The number of carbonyl (C=O) groups is 1. The van der Waals surface area contributed by atoms with Crippen molar-refractivity contribution in [3.8, 4) is 0 Å². The molecule has 3 rings (SSSR count). The van der Waals surface area contributed by atoms with E-state index in [2.05, 4.69) is 0 Å². The largest absolute Gasteiger partial charge is 0.373 e. The summed E-state index contributed by atoms with van der Waals surface area (Å²) in [5, 5.41) is 1.10. The monoisotopic (exact) mass is 420 g/mol. The van der Waals surface area contributed by atoms with Crippen molar-refractivity contribution in [1.29, 1.82) is 0 Å². The lowest BCUT2D eigenvalue weighted by Crippen LogP contribution is -2.58. The van der Waals surface area contributed by atoms with Gasteiger partial charge < -0.3 is 15.4 Å². The molecule has 7 heteroatoms. The molecule has 0 radical (unpaired) electrons. The summed E-state index contributed by atoms with van der Waals surface area (Å²) in [6.07, 6.45) is 6.82. The maximum Gasteiger partial charge on any atom is 0.242 e. The highest BCUT2D eigenvalue weighted by Gasteiger charge is 2.39. The SMILES string of the molecule is Cl.NC1(C(=O)N2CCC(OCc3ccc(Cl)c(Cl)c3)CC2)CCCCC1. The number of amides is 1. The van der Waals surface area contributed by atoms with E-state index in [0.29, 0.717) is 16.7 Å². The number of likely N-dealkylation sites (tertiary alicyclic amines) is 1. The zero-order valence-corrected chi connectivity index (χ0v) is 17.2. The zero-order valence-electron chi connectivity index (χ0n) is 14.9. The van der Waals surface area contributed by atoms with Crippen molar-refractivity contribution in [3.63, 3.8) is 0 Å². The molecule has 2 N–H and O–H groups in total. The van der Waals surface area contributed by atoms with Gasteiger partial charge in [-0.1, -0.05) is 48.5 Å². The minimum Gasteiger partial charge on any atom is -0.373 e. The molecule has 1 saturated heterocycles. The molecule has 26 heavy (non-hydrogen) atoms. The summed E-state index contributed by atoms with van der Waals surface area (Å²) < 4.78 is 5.99. The molecule has 0 unspecified atom stereocenters. The Hall–Kier alpha value is -0.520. The number of carbonyl (C=O) groups excluding carboxylic acids is 1.